The Labute approximate surface area is 190 Å². The number of ether oxygens (including phenoxy) is 6. The molecule has 1 aliphatic carbocycles. The van der Waals surface area contributed by atoms with E-state index in [1.807, 2.05) is 6.08 Å². The van der Waals surface area contributed by atoms with Crippen molar-refractivity contribution in [3.8, 4) is 0 Å². The highest BCUT2D eigenvalue weighted by molar-refractivity contribution is 5.69. The van der Waals surface area contributed by atoms with Gasteiger partial charge in [-0.25, -0.2) is 0 Å². The van der Waals surface area contributed by atoms with Crippen LogP contribution < -0.4 is 0 Å². The fraction of sp³-hybridized carbons (Fsp3) is 0.667. The lowest BCUT2D eigenvalue weighted by molar-refractivity contribution is -0.270. The van der Waals surface area contributed by atoms with Gasteiger partial charge in [-0.3, -0.25) is 28.9 Å². The lowest BCUT2D eigenvalue weighted by Gasteiger charge is -2.45. The molecule has 3 rings (SSSR count). The summed E-state index contributed by atoms with van der Waals surface area (Å²) in [5.74, 6) is -3.13. The van der Waals surface area contributed by atoms with Crippen LogP contribution in [0.1, 0.15) is 34.6 Å². The topological polar surface area (TPSA) is 144 Å². The molecule has 0 spiro atoms. The van der Waals surface area contributed by atoms with Crippen molar-refractivity contribution in [3.05, 3.63) is 12.2 Å². The molecule has 1 unspecified atom stereocenters. The maximum absolute atomic E-state index is 11.9. The van der Waals surface area contributed by atoms with E-state index in [1.165, 1.54) is 20.8 Å². The minimum atomic E-state index is -1.24. The highest BCUT2D eigenvalue weighted by Gasteiger charge is 2.64. The van der Waals surface area contributed by atoms with Gasteiger partial charge < -0.3 is 28.4 Å². The van der Waals surface area contributed by atoms with Gasteiger partial charge in [-0.1, -0.05) is 6.08 Å². The van der Waals surface area contributed by atoms with E-state index in [2.05, 4.69) is 0 Å². The number of rotatable bonds is 7. The van der Waals surface area contributed by atoms with Gasteiger partial charge in [0.25, 0.3) is 0 Å². The van der Waals surface area contributed by atoms with E-state index in [1.54, 1.807) is 11.0 Å². The Balaban J connectivity index is 1.94. The van der Waals surface area contributed by atoms with Gasteiger partial charge in [0, 0.05) is 34.6 Å². The third-order valence-corrected chi connectivity index (χ3v) is 5.35. The van der Waals surface area contributed by atoms with E-state index < -0.39 is 66.6 Å². The van der Waals surface area contributed by atoms with E-state index in [9.17, 15) is 24.0 Å². The first-order chi connectivity index (χ1) is 15.5. The summed E-state index contributed by atoms with van der Waals surface area (Å²) in [6.07, 6.45) is -2.61. The van der Waals surface area contributed by atoms with Crippen molar-refractivity contribution in [1.29, 1.82) is 0 Å². The zero-order chi connectivity index (χ0) is 24.4. The molecule has 0 bridgehead atoms. The molecule has 12 heteroatoms. The molecule has 0 aromatic heterocycles. The van der Waals surface area contributed by atoms with Crippen LogP contribution in [-0.2, 0) is 52.4 Å². The maximum Gasteiger partial charge on any atom is 0.303 e. The zero-order valence-corrected chi connectivity index (χ0v) is 18.9. The summed E-state index contributed by atoms with van der Waals surface area (Å²) >= 11 is 0. The highest BCUT2D eigenvalue weighted by Crippen LogP contribution is 2.45. The van der Waals surface area contributed by atoms with Gasteiger partial charge in [-0.05, 0) is 6.08 Å². The van der Waals surface area contributed by atoms with Crippen LogP contribution in [0.25, 0.3) is 0 Å². The fourth-order valence-corrected chi connectivity index (χ4v) is 4.29. The van der Waals surface area contributed by atoms with Gasteiger partial charge in [0.1, 0.15) is 18.8 Å². The quantitative estimate of drug-likeness (QED) is 0.207. The minimum absolute atomic E-state index is 0.185. The first-order valence-electron chi connectivity index (χ1n) is 10.4. The van der Waals surface area contributed by atoms with E-state index in [0.29, 0.717) is 0 Å². The molecule has 0 aromatic rings. The molecule has 9 atom stereocenters. The first kappa shape index (κ1) is 24.6. The number of fused-ring (bicyclic) bond motifs is 1. The van der Waals surface area contributed by atoms with E-state index in [-0.39, 0.29) is 18.7 Å². The Morgan fingerprint density at radius 1 is 0.727 bits per heavy atom. The molecular weight excluding hydrogens is 442 g/mol. The van der Waals surface area contributed by atoms with Crippen molar-refractivity contribution in [3.63, 3.8) is 0 Å². The van der Waals surface area contributed by atoms with Gasteiger partial charge in [0.15, 0.2) is 24.5 Å². The maximum atomic E-state index is 11.9. The number of hydrogen-bond acceptors (Lipinski definition) is 12. The first-order valence-corrected chi connectivity index (χ1v) is 10.4. The molecule has 0 radical (unpaired) electrons. The predicted molar refractivity (Wildman–Crippen MR) is 106 cm³/mol. The molecule has 0 aromatic carbocycles. The van der Waals surface area contributed by atoms with Crippen molar-refractivity contribution >= 4 is 29.8 Å². The van der Waals surface area contributed by atoms with Gasteiger partial charge in [-0.15, -0.1) is 0 Å². The number of hydrogen-bond donors (Lipinski definition) is 0. The molecule has 3 aliphatic rings. The van der Waals surface area contributed by atoms with Crippen LogP contribution in [-0.4, -0.2) is 90.2 Å². The predicted octanol–water partition coefficient (Wildman–Crippen LogP) is -0.376. The third kappa shape index (κ3) is 5.69. The Bertz CT molecular complexity index is 855. The molecule has 2 heterocycles. The van der Waals surface area contributed by atoms with Crippen LogP contribution >= 0.6 is 0 Å². The average Bonchev–Trinajstić information content (AvgIpc) is 3.25. The largest absolute Gasteiger partial charge is 0.463 e. The molecule has 182 valence electrons. The molecule has 2 saturated heterocycles. The van der Waals surface area contributed by atoms with Crippen LogP contribution in [0.5, 0.6) is 0 Å². The van der Waals surface area contributed by atoms with Crippen molar-refractivity contribution in [2.45, 2.75) is 83.5 Å². The van der Waals surface area contributed by atoms with E-state index in [0.717, 1.165) is 13.8 Å². The highest BCUT2D eigenvalue weighted by atomic mass is 16.7. The van der Waals surface area contributed by atoms with Gasteiger partial charge >= 0.3 is 29.8 Å². The number of carbonyl (C=O) groups is 5. The molecule has 0 saturated carbocycles. The number of carbonyl (C=O) groups excluding carboxylic acids is 5. The van der Waals surface area contributed by atoms with Gasteiger partial charge in [0.05, 0.1) is 12.1 Å². The van der Waals surface area contributed by atoms with E-state index in [4.69, 9.17) is 28.4 Å². The summed E-state index contributed by atoms with van der Waals surface area (Å²) in [5, 5.41) is 0. The molecule has 0 N–H and O–H groups in total. The van der Waals surface area contributed by atoms with Crippen molar-refractivity contribution in [2.75, 3.05) is 6.61 Å². The second-order valence-corrected chi connectivity index (χ2v) is 7.98. The summed E-state index contributed by atoms with van der Waals surface area (Å²) in [7, 11) is 0. The second-order valence-electron chi connectivity index (χ2n) is 7.98. The summed E-state index contributed by atoms with van der Waals surface area (Å²) in [5.41, 5.74) is 0. The Hall–Kier alpha value is -2.99. The Kier molecular flexibility index (Phi) is 7.38. The Morgan fingerprint density at radius 2 is 1.27 bits per heavy atom. The molecule has 2 fully saturated rings. The smallest absolute Gasteiger partial charge is 0.303 e. The SMILES string of the molecule is CC(=O)OC[C@H]1O[C@H](N2[C@@H]3[C@@H](OC(C)=O)C=C[C@@H]32)[C@H](OC(C)=O)[C@@H](OC(C)=O)[C@@H]1OC(C)=O. The molecule has 0 amide bonds. The normalized spacial score (nSPS) is 36.2. The van der Waals surface area contributed by atoms with Crippen molar-refractivity contribution in [2.24, 2.45) is 0 Å². The minimum Gasteiger partial charge on any atom is -0.463 e. The van der Waals surface area contributed by atoms with Crippen LogP contribution in [0.3, 0.4) is 0 Å². The summed E-state index contributed by atoms with van der Waals surface area (Å²) in [4.78, 5) is 60.3. The van der Waals surface area contributed by atoms with Crippen LogP contribution in [0.4, 0.5) is 0 Å². The van der Waals surface area contributed by atoms with Crippen LogP contribution in [0.2, 0.25) is 0 Å². The zero-order valence-electron chi connectivity index (χ0n) is 18.9. The fourth-order valence-electron chi connectivity index (χ4n) is 4.29. The lowest BCUT2D eigenvalue weighted by Crippen LogP contribution is -2.64. The van der Waals surface area contributed by atoms with Crippen molar-refractivity contribution < 1.29 is 52.4 Å². The lowest BCUT2D eigenvalue weighted by atomic mass is 9.97. The third-order valence-electron chi connectivity index (χ3n) is 5.35. The monoisotopic (exact) mass is 469 g/mol. The molecule has 33 heavy (non-hydrogen) atoms. The molecular formula is C21H27NO11. The van der Waals surface area contributed by atoms with Crippen LogP contribution in [0, 0.1) is 0 Å². The number of nitrogens with zero attached hydrogens (tertiary/aromatic N) is 1. The molecule has 12 nitrogen and oxygen atoms in total. The van der Waals surface area contributed by atoms with Crippen molar-refractivity contribution in [1.82, 2.24) is 4.90 Å². The molecule has 2 aliphatic heterocycles. The number of esters is 5. The average molecular weight is 469 g/mol. The summed E-state index contributed by atoms with van der Waals surface area (Å²) in [6.45, 7) is 5.69. The Morgan fingerprint density at radius 3 is 1.82 bits per heavy atom. The van der Waals surface area contributed by atoms with E-state index >= 15 is 0 Å². The van der Waals surface area contributed by atoms with Crippen LogP contribution in [0.15, 0.2) is 12.2 Å². The second kappa shape index (κ2) is 9.87. The summed E-state index contributed by atoms with van der Waals surface area (Å²) in [6, 6.07) is -0.468. The van der Waals surface area contributed by atoms with Gasteiger partial charge in [0.2, 0.25) is 0 Å². The summed E-state index contributed by atoms with van der Waals surface area (Å²) < 4.78 is 32.8. The standard InChI is InChI=1S/C21H27NO11/c1-9(23)28-8-16-18(30-11(3)25)19(31-12(4)26)20(32-13(5)27)21(33-16)22-14-6-7-15(17(14)22)29-10(2)24/h6-7,14-21H,8H2,1-5H3/t14-,15-,16+,17-,18+,19-,20+,21-,22?/m0/s1. The van der Waals surface area contributed by atoms with Gasteiger partial charge in [-0.2, -0.15) is 0 Å².